The predicted molar refractivity (Wildman–Crippen MR) is 142 cm³/mol. The molecule has 2 fully saturated rings. The summed E-state index contributed by atoms with van der Waals surface area (Å²) in [7, 11) is 0. The van der Waals surface area contributed by atoms with E-state index in [1.807, 2.05) is 0 Å². The zero-order valence-electron chi connectivity index (χ0n) is 22.5. The lowest BCUT2D eigenvalue weighted by molar-refractivity contribution is -0.235. The maximum atomic E-state index is 12.9. The van der Waals surface area contributed by atoms with Crippen molar-refractivity contribution in [3.05, 3.63) is 59.0 Å². The summed E-state index contributed by atoms with van der Waals surface area (Å²) in [6, 6.07) is 8.66. The number of carbonyl (C=O) groups excluding carboxylic acids is 2. The molecule has 2 saturated carbocycles. The van der Waals surface area contributed by atoms with Gasteiger partial charge in [-0.2, -0.15) is 5.26 Å². The molecule has 4 unspecified atom stereocenters. The van der Waals surface area contributed by atoms with E-state index < -0.39 is 17.7 Å². The second kappa shape index (κ2) is 8.55. The summed E-state index contributed by atoms with van der Waals surface area (Å²) in [4.78, 5) is 30.3. The third-order valence-corrected chi connectivity index (χ3v) is 10.2. The number of aromatic amines is 1. The van der Waals surface area contributed by atoms with Crippen molar-refractivity contribution in [1.82, 2.24) is 4.98 Å². The molecule has 3 N–H and O–H groups in total. The summed E-state index contributed by atoms with van der Waals surface area (Å²) in [6.45, 7) is 8.16. The van der Waals surface area contributed by atoms with Crippen LogP contribution in [0.1, 0.15) is 71.1 Å². The predicted octanol–water partition coefficient (Wildman–Crippen LogP) is 5.38. The fraction of sp³-hybridized carbons (Fsp3) is 0.548. The molecule has 1 aromatic carbocycles. The van der Waals surface area contributed by atoms with Crippen LogP contribution in [0.3, 0.4) is 0 Å². The van der Waals surface area contributed by atoms with Gasteiger partial charge in [0.05, 0.1) is 5.92 Å². The molecule has 0 amide bonds. The minimum absolute atomic E-state index is 0.00256. The summed E-state index contributed by atoms with van der Waals surface area (Å²) in [6.07, 6.45) is 9.16. The molecular weight excluding hydrogens is 482 g/mol. The standard InChI is InChI=1S/C27H31NO3.C4H6O3/c1-25(2,30)24-21(29)14-18-19-10-9-15-13-17-16-7-5-6-8-20(16)28-23(17)27(15,4)26(19,3)12-11-22(18)31-24;5-4(7-6)3-1-2-3/h5-8,11,14-15,19,24,28,30H,9-10,12-13H2,1-4H3;3,6H,1-2H2/t15?,19?,24?,26?,27-;/m1./s1. The molecule has 0 bridgehead atoms. The number of fused-ring (bicyclic) bond motifs is 9. The number of aromatic nitrogens is 1. The Labute approximate surface area is 222 Å². The van der Waals surface area contributed by atoms with Crippen molar-refractivity contribution in [3.63, 3.8) is 0 Å². The molecule has 1 aliphatic heterocycles. The van der Waals surface area contributed by atoms with Crippen molar-refractivity contribution in [2.24, 2.45) is 23.2 Å². The fourth-order valence-electron chi connectivity index (χ4n) is 7.74. The topological polar surface area (TPSA) is 109 Å². The molecule has 4 aliphatic carbocycles. The van der Waals surface area contributed by atoms with Crippen molar-refractivity contribution < 1.29 is 29.6 Å². The van der Waals surface area contributed by atoms with Crippen LogP contribution in [0.5, 0.6) is 0 Å². The molecule has 7 rings (SSSR count). The quantitative estimate of drug-likeness (QED) is 0.363. The molecule has 0 saturated heterocycles. The summed E-state index contributed by atoms with van der Waals surface area (Å²) < 4.78 is 6.11. The van der Waals surface area contributed by atoms with Gasteiger partial charge >= 0.3 is 5.97 Å². The van der Waals surface area contributed by atoms with Gasteiger partial charge in [-0.05, 0) is 93.4 Å². The minimum Gasteiger partial charge on any atom is -0.479 e. The maximum Gasteiger partial charge on any atom is 0.345 e. The van der Waals surface area contributed by atoms with Crippen molar-refractivity contribution in [3.8, 4) is 0 Å². The third kappa shape index (κ3) is 3.62. The normalized spacial score (nSPS) is 33.4. The van der Waals surface area contributed by atoms with Gasteiger partial charge in [0.1, 0.15) is 11.4 Å². The Kier molecular flexibility index (Phi) is 5.71. The molecule has 202 valence electrons. The van der Waals surface area contributed by atoms with E-state index >= 15 is 0 Å². The summed E-state index contributed by atoms with van der Waals surface area (Å²) in [5.74, 6) is 1.10. The first-order valence-corrected chi connectivity index (χ1v) is 13.8. The van der Waals surface area contributed by atoms with Gasteiger partial charge in [-0.1, -0.05) is 32.0 Å². The lowest BCUT2D eigenvalue weighted by Crippen LogP contribution is -2.56. The first kappa shape index (κ1) is 25.4. The molecule has 5 atom stereocenters. The minimum atomic E-state index is -1.20. The van der Waals surface area contributed by atoms with Crippen LogP contribution in [-0.2, 0) is 31.0 Å². The van der Waals surface area contributed by atoms with Gasteiger partial charge in [0.2, 0.25) is 0 Å². The number of para-hydroxylation sites is 1. The summed E-state index contributed by atoms with van der Waals surface area (Å²) >= 11 is 0. The number of aliphatic hydroxyl groups is 1. The summed E-state index contributed by atoms with van der Waals surface area (Å²) in [5, 5.41) is 19.5. The van der Waals surface area contributed by atoms with Gasteiger partial charge in [-0.25, -0.2) is 4.79 Å². The van der Waals surface area contributed by atoms with Gasteiger partial charge < -0.3 is 19.7 Å². The van der Waals surface area contributed by atoms with Crippen LogP contribution < -0.4 is 0 Å². The fourth-order valence-corrected chi connectivity index (χ4v) is 7.74. The highest BCUT2D eigenvalue weighted by atomic mass is 17.1. The number of allylic oxidation sites excluding steroid dienone is 2. The van der Waals surface area contributed by atoms with Crippen LogP contribution >= 0.6 is 0 Å². The van der Waals surface area contributed by atoms with Crippen LogP contribution in [-0.4, -0.2) is 38.8 Å². The SMILES string of the molecule is CC(C)(O)C1OC2=CCC3(C)C(CCC4Cc5c([nH]c6ccccc56)[C@@]43C)C2=CC1=O.O=C(OO)C1CC1. The van der Waals surface area contributed by atoms with Crippen LogP contribution in [0.4, 0.5) is 0 Å². The second-order valence-electron chi connectivity index (χ2n) is 12.8. The van der Waals surface area contributed by atoms with Gasteiger partial charge in [0.15, 0.2) is 11.9 Å². The number of carbonyl (C=O) groups is 2. The highest BCUT2D eigenvalue weighted by Gasteiger charge is 2.63. The van der Waals surface area contributed by atoms with E-state index in [1.54, 1.807) is 19.9 Å². The zero-order chi connectivity index (χ0) is 27.0. The molecule has 2 heterocycles. The van der Waals surface area contributed by atoms with Gasteiger partial charge in [-0.3, -0.25) is 4.79 Å². The number of nitrogens with one attached hydrogen (secondary N) is 1. The summed E-state index contributed by atoms with van der Waals surface area (Å²) in [5.41, 5.74) is 3.99. The van der Waals surface area contributed by atoms with Crippen molar-refractivity contribution >= 4 is 22.7 Å². The smallest absolute Gasteiger partial charge is 0.345 e. The van der Waals surface area contributed by atoms with Crippen LogP contribution in [0, 0.1) is 23.2 Å². The molecule has 0 spiro atoms. The lowest BCUT2D eigenvalue weighted by atomic mass is 9.46. The molecular formula is C31H37NO6. The van der Waals surface area contributed by atoms with Crippen molar-refractivity contribution in [2.75, 3.05) is 0 Å². The molecule has 7 heteroatoms. The van der Waals surface area contributed by atoms with E-state index in [0.717, 1.165) is 49.9 Å². The molecule has 7 nitrogen and oxygen atoms in total. The number of ketones is 1. The van der Waals surface area contributed by atoms with E-state index in [2.05, 4.69) is 54.1 Å². The number of ether oxygens (including phenoxy) is 1. The van der Waals surface area contributed by atoms with E-state index in [9.17, 15) is 14.7 Å². The Hall–Kier alpha value is -2.90. The largest absolute Gasteiger partial charge is 0.479 e. The average Bonchev–Trinajstić information content (AvgIpc) is 3.60. The average molecular weight is 520 g/mol. The lowest BCUT2D eigenvalue weighted by Gasteiger charge is -2.58. The molecule has 38 heavy (non-hydrogen) atoms. The van der Waals surface area contributed by atoms with Gasteiger partial charge in [0.25, 0.3) is 0 Å². The zero-order valence-corrected chi connectivity index (χ0v) is 22.5. The Morgan fingerprint density at radius 3 is 2.55 bits per heavy atom. The monoisotopic (exact) mass is 519 g/mol. The van der Waals surface area contributed by atoms with E-state index in [4.69, 9.17) is 9.99 Å². The third-order valence-electron chi connectivity index (χ3n) is 10.2. The van der Waals surface area contributed by atoms with E-state index in [1.165, 1.54) is 22.2 Å². The maximum absolute atomic E-state index is 12.9. The number of hydrogen-bond acceptors (Lipinski definition) is 6. The van der Waals surface area contributed by atoms with Crippen LogP contribution in [0.2, 0.25) is 0 Å². The highest BCUT2D eigenvalue weighted by Crippen LogP contribution is 2.67. The van der Waals surface area contributed by atoms with Crippen molar-refractivity contribution in [1.29, 1.82) is 0 Å². The first-order chi connectivity index (χ1) is 18.0. The molecule has 5 aliphatic rings. The Bertz CT molecular complexity index is 1370. The van der Waals surface area contributed by atoms with Gasteiger partial charge in [0, 0.05) is 27.6 Å². The Balaban J connectivity index is 0.000000330. The van der Waals surface area contributed by atoms with Crippen LogP contribution in [0.25, 0.3) is 10.9 Å². The Morgan fingerprint density at radius 2 is 1.89 bits per heavy atom. The molecule has 0 radical (unpaired) electrons. The second-order valence-corrected chi connectivity index (χ2v) is 12.8. The van der Waals surface area contributed by atoms with Crippen molar-refractivity contribution in [2.45, 2.75) is 83.3 Å². The van der Waals surface area contributed by atoms with Crippen LogP contribution in [0.15, 0.2) is 47.7 Å². The molecule has 1 aromatic heterocycles. The number of benzene rings is 1. The number of hydrogen-bond donors (Lipinski definition) is 3. The Morgan fingerprint density at radius 1 is 1.16 bits per heavy atom. The number of H-pyrrole nitrogens is 1. The van der Waals surface area contributed by atoms with Gasteiger partial charge in [-0.15, -0.1) is 0 Å². The highest BCUT2D eigenvalue weighted by molar-refractivity contribution is 5.97. The molecule has 2 aromatic rings. The first-order valence-electron chi connectivity index (χ1n) is 13.8. The van der Waals surface area contributed by atoms with E-state index in [-0.39, 0.29) is 28.4 Å². The number of rotatable bonds is 2. The van der Waals surface area contributed by atoms with E-state index in [0.29, 0.717) is 5.92 Å².